The fourth-order valence-electron chi connectivity index (χ4n) is 2.68. The van der Waals surface area contributed by atoms with Gasteiger partial charge < -0.3 is 14.6 Å². The zero-order chi connectivity index (χ0) is 21.5. The maximum Gasteiger partial charge on any atom is 0.337 e. The SMILES string of the molecule is COc1cccc(/C=N/Nc2ccccc2C(=O)O)c1OCc1ccc(Cl)cc1Cl. The van der Waals surface area contributed by atoms with Crippen LogP contribution in [0.1, 0.15) is 21.5 Å². The molecule has 0 aromatic heterocycles. The standard InChI is InChI=1S/C22H18Cl2N2O4/c1-29-20-8-4-5-14(12-25-26-19-7-3-2-6-17(19)22(27)28)21(20)30-13-15-9-10-16(23)11-18(15)24/h2-12,26H,13H2,1H3,(H,27,28)/b25-12+. The average molecular weight is 445 g/mol. The highest BCUT2D eigenvalue weighted by Crippen LogP contribution is 2.32. The lowest BCUT2D eigenvalue weighted by molar-refractivity contribution is 0.0698. The van der Waals surface area contributed by atoms with Crippen LogP contribution in [0, 0.1) is 0 Å². The molecule has 0 spiro atoms. The lowest BCUT2D eigenvalue weighted by Crippen LogP contribution is -2.03. The first-order valence-electron chi connectivity index (χ1n) is 8.84. The molecule has 0 aliphatic heterocycles. The van der Waals surface area contributed by atoms with E-state index < -0.39 is 5.97 Å². The largest absolute Gasteiger partial charge is 0.493 e. The number of aromatic carboxylic acids is 1. The second-order valence-electron chi connectivity index (χ2n) is 6.12. The van der Waals surface area contributed by atoms with Gasteiger partial charge in [-0.2, -0.15) is 5.10 Å². The Morgan fingerprint density at radius 2 is 1.93 bits per heavy atom. The third-order valence-corrected chi connectivity index (χ3v) is 4.75. The molecule has 0 bridgehead atoms. The number of rotatable bonds is 8. The molecule has 0 fully saturated rings. The normalized spacial score (nSPS) is 10.8. The third kappa shape index (κ3) is 5.23. The maximum atomic E-state index is 11.3. The number of carboxylic acids is 1. The van der Waals surface area contributed by atoms with Gasteiger partial charge >= 0.3 is 5.97 Å². The topological polar surface area (TPSA) is 80.2 Å². The lowest BCUT2D eigenvalue weighted by atomic mass is 10.2. The van der Waals surface area contributed by atoms with Gasteiger partial charge in [-0.1, -0.05) is 47.5 Å². The van der Waals surface area contributed by atoms with Crippen LogP contribution in [0.3, 0.4) is 0 Å². The van der Waals surface area contributed by atoms with Crippen LogP contribution in [-0.4, -0.2) is 24.4 Å². The molecule has 0 aliphatic rings. The van der Waals surface area contributed by atoms with Crippen molar-refractivity contribution in [2.24, 2.45) is 5.10 Å². The Bertz CT molecular complexity index is 1090. The summed E-state index contributed by atoms with van der Waals surface area (Å²) in [5.74, 6) is -0.0448. The number of nitrogens with zero attached hydrogens (tertiary/aromatic N) is 1. The molecule has 3 aromatic carbocycles. The molecule has 0 radical (unpaired) electrons. The molecule has 2 N–H and O–H groups in total. The summed E-state index contributed by atoms with van der Waals surface area (Å²) in [6.45, 7) is 0.201. The van der Waals surface area contributed by atoms with E-state index in [-0.39, 0.29) is 12.2 Å². The smallest absolute Gasteiger partial charge is 0.337 e. The molecule has 30 heavy (non-hydrogen) atoms. The average Bonchev–Trinajstić information content (AvgIpc) is 2.73. The molecule has 154 valence electrons. The number of hydrazone groups is 1. The number of anilines is 1. The van der Waals surface area contributed by atoms with Crippen molar-refractivity contribution in [2.75, 3.05) is 12.5 Å². The number of halogens is 2. The van der Waals surface area contributed by atoms with E-state index in [0.29, 0.717) is 32.8 Å². The van der Waals surface area contributed by atoms with Crippen LogP contribution in [-0.2, 0) is 6.61 Å². The molecule has 0 saturated heterocycles. The number of benzene rings is 3. The van der Waals surface area contributed by atoms with Gasteiger partial charge in [0.2, 0.25) is 0 Å². The van der Waals surface area contributed by atoms with Gasteiger partial charge in [0.1, 0.15) is 6.61 Å². The first kappa shape index (κ1) is 21.5. The molecular weight excluding hydrogens is 427 g/mol. The second-order valence-corrected chi connectivity index (χ2v) is 6.97. The van der Waals surface area contributed by atoms with Crippen LogP contribution in [0.5, 0.6) is 11.5 Å². The molecule has 8 heteroatoms. The van der Waals surface area contributed by atoms with E-state index in [2.05, 4.69) is 10.5 Å². The highest BCUT2D eigenvalue weighted by atomic mass is 35.5. The number of para-hydroxylation sites is 2. The van der Waals surface area contributed by atoms with Crippen LogP contribution in [0.4, 0.5) is 5.69 Å². The second kappa shape index (κ2) is 10.0. The molecular formula is C22H18Cl2N2O4. The van der Waals surface area contributed by atoms with Crippen molar-refractivity contribution in [3.63, 3.8) is 0 Å². The Balaban J connectivity index is 1.82. The predicted octanol–water partition coefficient (Wildman–Crippen LogP) is 5.73. The molecule has 0 unspecified atom stereocenters. The minimum atomic E-state index is -1.04. The van der Waals surface area contributed by atoms with Gasteiger partial charge in [0.15, 0.2) is 11.5 Å². The van der Waals surface area contributed by atoms with Gasteiger partial charge in [0, 0.05) is 21.2 Å². The number of carbonyl (C=O) groups is 1. The maximum absolute atomic E-state index is 11.3. The molecule has 0 amide bonds. The van der Waals surface area contributed by atoms with Crippen molar-refractivity contribution in [1.82, 2.24) is 0 Å². The Morgan fingerprint density at radius 1 is 1.13 bits per heavy atom. The number of methoxy groups -OCH3 is 1. The Hall–Kier alpha value is -3.22. The zero-order valence-electron chi connectivity index (χ0n) is 15.9. The summed E-state index contributed by atoms with van der Waals surface area (Å²) in [6.07, 6.45) is 1.53. The van der Waals surface area contributed by atoms with Crippen molar-refractivity contribution >= 4 is 41.1 Å². The molecule has 3 rings (SSSR count). The Labute approximate surface area is 183 Å². The van der Waals surface area contributed by atoms with Crippen molar-refractivity contribution < 1.29 is 19.4 Å². The van der Waals surface area contributed by atoms with Gasteiger partial charge in [-0.15, -0.1) is 0 Å². The monoisotopic (exact) mass is 444 g/mol. The number of ether oxygens (including phenoxy) is 2. The van der Waals surface area contributed by atoms with Crippen LogP contribution < -0.4 is 14.9 Å². The Morgan fingerprint density at radius 3 is 2.67 bits per heavy atom. The van der Waals surface area contributed by atoms with Crippen LogP contribution in [0.2, 0.25) is 10.0 Å². The summed E-state index contributed by atoms with van der Waals surface area (Å²) in [5, 5.41) is 14.5. The highest BCUT2D eigenvalue weighted by Gasteiger charge is 2.12. The number of hydrogen-bond acceptors (Lipinski definition) is 5. The molecule has 0 heterocycles. The van der Waals surface area contributed by atoms with Gasteiger partial charge in [0.05, 0.1) is 24.6 Å². The summed E-state index contributed by atoms with van der Waals surface area (Å²) >= 11 is 12.2. The zero-order valence-corrected chi connectivity index (χ0v) is 17.4. The van der Waals surface area contributed by atoms with Gasteiger partial charge in [-0.05, 0) is 36.4 Å². The van der Waals surface area contributed by atoms with E-state index in [1.807, 2.05) is 0 Å². The summed E-state index contributed by atoms with van der Waals surface area (Å²) < 4.78 is 11.4. The summed E-state index contributed by atoms with van der Waals surface area (Å²) in [7, 11) is 1.54. The lowest BCUT2D eigenvalue weighted by Gasteiger charge is -2.14. The van der Waals surface area contributed by atoms with E-state index >= 15 is 0 Å². The first-order chi connectivity index (χ1) is 14.5. The predicted molar refractivity (Wildman–Crippen MR) is 118 cm³/mol. The Kier molecular flexibility index (Phi) is 7.17. The fourth-order valence-corrected chi connectivity index (χ4v) is 3.14. The quantitative estimate of drug-likeness (QED) is 0.342. The third-order valence-electron chi connectivity index (χ3n) is 4.16. The summed E-state index contributed by atoms with van der Waals surface area (Å²) in [6, 6.07) is 17.0. The number of hydrogen-bond donors (Lipinski definition) is 2. The van der Waals surface area contributed by atoms with E-state index in [0.717, 1.165) is 5.56 Å². The molecule has 0 aliphatic carbocycles. The minimum Gasteiger partial charge on any atom is -0.493 e. The first-order valence-corrected chi connectivity index (χ1v) is 9.60. The van der Waals surface area contributed by atoms with E-state index in [1.165, 1.54) is 12.3 Å². The van der Waals surface area contributed by atoms with Crippen molar-refractivity contribution in [1.29, 1.82) is 0 Å². The van der Waals surface area contributed by atoms with Crippen molar-refractivity contribution in [2.45, 2.75) is 6.61 Å². The highest BCUT2D eigenvalue weighted by molar-refractivity contribution is 6.35. The summed E-state index contributed by atoms with van der Waals surface area (Å²) in [4.78, 5) is 11.3. The van der Waals surface area contributed by atoms with E-state index in [4.69, 9.17) is 32.7 Å². The van der Waals surface area contributed by atoms with Crippen molar-refractivity contribution in [3.8, 4) is 11.5 Å². The minimum absolute atomic E-state index is 0.120. The van der Waals surface area contributed by atoms with Crippen LogP contribution in [0.25, 0.3) is 0 Å². The van der Waals surface area contributed by atoms with E-state index in [9.17, 15) is 9.90 Å². The number of nitrogens with one attached hydrogen (secondary N) is 1. The van der Waals surface area contributed by atoms with Gasteiger partial charge in [-0.25, -0.2) is 4.79 Å². The fraction of sp³-hybridized carbons (Fsp3) is 0.0909. The molecule has 0 saturated carbocycles. The van der Waals surface area contributed by atoms with Crippen molar-refractivity contribution in [3.05, 3.63) is 87.4 Å². The molecule has 3 aromatic rings. The van der Waals surface area contributed by atoms with Crippen LogP contribution >= 0.6 is 23.2 Å². The summed E-state index contributed by atoms with van der Waals surface area (Å²) in [5.41, 5.74) is 4.65. The number of carboxylic acid groups (broad SMARTS) is 1. The van der Waals surface area contributed by atoms with Gasteiger partial charge in [-0.3, -0.25) is 5.43 Å². The molecule has 0 atom stereocenters. The molecule has 6 nitrogen and oxygen atoms in total. The van der Waals surface area contributed by atoms with Gasteiger partial charge in [0.25, 0.3) is 0 Å². The van der Waals surface area contributed by atoms with E-state index in [1.54, 1.807) is 61.7 Å². The van der Waals surface area contributed by atoms with Crippen LogP contribution in [0.15, 0.2) is 65.8 Å².